The zero-order valence-corrected chi connectivity index (χ0v) is 7.41. The smallest absolute Gasteiger partial charge is 0.398 e. The Balaban J connectivity index is 2.43. The molecule has 2 aromatic rings. The number of aromatic nitrogens is 2. The minimum Gasteiger partial charge on any atom is -0.398 e. The molecule has 0 bridgehead atoms. The minimum absolute atomic E-state index is 0.208. The molecule has 8 heteroatoms. The molecule has 0 saturated heterocycles. The van der Waals surface area contributed by atoms with Crippen LogP contribution in [0.3, 0.4) is 0 Å². The third kappa shape index (κ3) is 1.42. The molecule has 0 amide bonds. The second-order valence-corrected chi connectivity index (χ2v) is 3.27. The molecule has 0 unspecified atom stereocenters. The average molecular weight is 213 g/mol. The number of hydrogen-bond donors (Lipinski definition) is 1. The van der Waals surface area contributed by atoms with E-state index in [2.05, 4.69) is 10.2 Å². The summed E-state index contributed by atoms with van der Waals surface area (Å²) in [6, 6.07) is 2.60. The van der Waals surface area contributed by atoms with Gasteiger partial charge in [-0.25, -0.2) is 5.10 Å². The topological polar surface area (TPSA) is 102 Å². The highest BCUT2D eigenvalue weighted by molar-refractivity contribution is 7.12. The first-order valence-corrected chi connectivity index (χ1v) is 4.28. The molecule has 0 atom stereocenters. The van der Waals surface area contributed by atoms with E-state index in [1.807, 2.05) is 0 Å². The molecule has 0 fully saturated rings. The molecule has 2 aromatic heterocycles. The van der Waals surface area contributed by atoms with Gasteiger partial charge >= 0.3 is 10.8 Å². The van der Waals surface area contributed by atoms with Crippen LogP contribution in [0.4, 0.5) is 5.88 Å². The Labute approximate surface area is 80.1 Å². The predicted molar refractivity (Wildman–Crippen MR) is 47.1 cm³/mol. The highest BCUT2D eigenvalue weighted by atomic mass is 32.1. The Kier molecular flexibility index (Phi) is 1.89. The molecule has 0 radical (unpaired) electrons. The quantitative estimate of drug-likeness (QED) is 0.592. The van der Waals surface area contributed by atoms with Crippen molar-refractivity contribution >= 4 is 17.2 Å². The van der Waals surface area contributed by atoms with Gasteiger partial charge in [0.1, 0.15) is 4.92 Å². The molecule has 0 spiro atoms. The first kappa shape index (κ1) is 8.63. The summed E-state index contributed by atoms with van der Waals surface area (Å²) >= 11 is 0.827. The molecule has 0 aliphatic carbocycles. The van der Waals surface area contributed by atoms with Crippen molar-refractivity contribution in [3.63, 3.8) is 0 Å². The van der Waals surface area contributed by atoms with Crippen molar-refractivity contribution < 1.29 is 9.34 Å². The number of aromatic amines is 1. The van der Waals surface area contributed by atoms with Crippen LogP contribution in [-0.2, 0) is 0 Å². The first-order valence-electron chi connectivity index (χ1n) is 3.47. The lowest BCUT2D eigenvalue weighted by molar-refractivity contribution is -0.401. The molecule has 7 nitrogen and oxygen atoms in total. The highest BCUT2D eigenvalue weighted by Gasteiger charge is 2.15. The number of H-pyrrole nitrogens is 1. The van der Waals surface area contributed by atoms with Crippen LogP contribution in [0.2, 0.25) is 0 Å². The average Bonchev–Trinajstić information content (AvgIpc) is 2.70. The third-order valence-electron chi connectivity index (χ3n) is 1.42. The van der Waals surface area contributed by atoms with Crippen molar-refractivity contribution in [2.24, 2.45) is 0 Å². The second kappa shape index (κ2) is 3.07. The minimum atomic E-state index is -0.654. The van der Waals surface area contributed by atoms with Crippen LogP contribution >= 0.6 is 11.3 Å². The van der Waals surface area contributed by atoms with Crippen LogP contribution in [0.1, 0.15) is 0 Å². The Bertz CT molecular complexity index is 525. The molecule has 14 heavy (non-hydrogen) atoms. The fraction of sp³-hybridized carbons (Fsp3) is 0. The zero-order valence-electron chi connectivity index (χ0n) is 6.59. The van der Waals surface area contributed by atoms with E-state index in [-0.39, 0.29) is 16.5 Å². The van der Waals surface area contributed by atoms with Gasteiger partial charge in [-0.2, -0.15) is 5.10 Å². The van der Waals surface area contributed by atoms with Crippen LogP contribution in [-0.4, -0.2) is 15.1 Å². The van der Waals surface area contributed by atoms with Crippen molar-refractivity contribution in [3.8, 4) is 10.8 Å². The lowest BCUT2D eigenvalue weighted by atomic mass is 10.5. The second-order valence-electron chi connectivity index (χ2n) is 2.31. The Morgan fingerprint density at radius 1 is 1.57 bits per heavy atom. The number of nitro groups is 1. The van der Waals surface area contributed by atoms with Gasteiger partial charge in [-0.15, -0.1) is 0 Å². The van der Waals surface area contributed by atoms with E-state index in [0.717, 1.165) is 11.3 Å². The fourth-order valence-corrected chi connectivity index (χ4v) is 1.44. The van der Waals surface area contributed by atoms with Crippen LogP contribution in [0.25, 0.3) is 10.8 Å². The van der Waals surface area contributed by atoms with Gasteiger partial charge < -0.3 is 4.42 Å². The molecule has 0 saturated carbocycles. The summed E-state index contributed by atoms with van der Waals surface area (Å²) in [7, 11) is 0. The Morgan fingerprint density at radius 2 is 2.36 bits per heavy atom. The summed E-state index contributed by atoms with van der Waals surface area (Å²) in [4.78, 5) is 20.0. The SMILES string of the molecule is O=c1[nH]nc(-c2ccc([N+](=O)[O-])o2)s1. The maximum atomic E-state index is 10.7. The van der Waals surface area contributed by atoms with Crippen molar-refractivity contribution in [1.82, 2.24) is 10.2 Å². The third-order valence-corrected chi connectivity index (χ3v) is 2.18. The molecule has 0 aromatic carbocycles. The summed E-state index contributed by atoms with van der Waals surface area (Å²) in [5.41, 5.74) is 0. The van der Waals surface area contributed by atoms with Crippen molar-refractivity contribution in [3.05, 3.63) is 31.9 Å². The summed E-state index contributed by atoms with van der Waals surface area (Å²) in [5, 5.41) is 16.4. The van der Waals surface area contributed by atoms with Crippen molar-refractivity contribution in [2.75, 3.05) is 0 Å². The summed E-state index contributed by atoms with van der Waals surface area (Å²) in [6.45, 7) is 0. The van der Waals surface area contributed by atoms with Gasteiger partial charge in [-0.05, 0) is 17.4 Å². The molecular weight excluding hydrogens is 210 g/mol. The van der Waals surface area contributed by atoms with Gasteiger partial charge in [0.15, 0.2) is 10.8 Å². The molecule has 0 aliphatic heterocycles. The van der Waals surface area contributed by atoms with Crippen molar-refractivity contribution in [1.29, 1.82) is 0 Å². The lowest BCUT2D eigenvalue weighted by Crippen LogP contribution is -1.90. The summed E-state index contributed by atoms with van der Waals surface area (Å²) < 4.78 is 4.83. The number of hydrogen-bond acceptors (Lipinski definition) is 6. The van der Waals surface area contributed by atoms with E-state index in [1.165, 1.54) is 12.1 Å². The van der Waals surface area contributed by atoms with Crippen LogP contribution in [0, 0.1) is 10.1 Å². The van der Waals surface area contributed by atoms with E-state index < -0.39 is 4.92 Å². The first-order chi connectivity index (χ1) is 6.66. The standard InChI is InChI=1S/C6H3N3O4S/c10-6-8-7-5(14-6)3-1-2-4(13-3)9(11)12/h1-2H,(H,8,10). The van der Waals surface area contributed by atoms with Gasteiger partial charge in [0.05, 0.1) is 6.07 Å². The maximum Gasteiger partial charge on any atom is 0.433 e. The molecule has 72 valence electrons. The van der Waals surface area contributed by atoms with Crippen LogP contribution in [0.5, 0.6) is 0 Å². The number of nitrogens with zero attached hydrogens (tertiary/aromatic N) is 2. The number of nitrogens with one attached hydrogen (secondary N) is 1. The van der Waals surface area contributed by atoms with Gasteiger partial charge in [0, 0.05) is 0 Å². The monoisotopic (exact) mass is 213 g/mol. The van der Waals surface area contributed by atoms with E-state index in [0.29, 0.717) is 5.01 Å². The summed E-state index contributed by atoms with van der Waals surface area (Å²) in [5.74, 6) is -0.164. The fourth-order valence-electron chi connectivity index (χ4n) is 0.876. The lowest BCUT2D eigenvalue weighted by Gasteiger charge is -1.84. The number of furan rings is 1. The van der Waals surface area contributed by atoms with Crippen LogP contribution in [0.15, 0.2) is 21.3 Å². The van der Waals surface area contributed by atoms with E-state index >= 15 is 0 Å². The largest absolute Gasteiger partial charge is 0.433 e. The molecule has 2 rings (SSSR count). The Hall–Kier alpha value is -1.96. The normalized spacial score (nSPS) is 10.3. The van der Waals surface area contributed by atoms with Crippen molar-refractivity contribution in [2.45, 2.75) is 0 Å². The Morgan fingerprint density at radius 3 is 2.86 bits per heavy atom. The van der Waals surface area contributed by atoms with E-state index in [4.69, 9.17) is 4.42 Å². The van der Waals surface area contributed by atoms with E-state index in [1.54, 1.807) is 0 Å². The number of rotatable bonds is 2. The van der Waals surface area contributed by atoms with E-state index in [9.17, 15) is 14.9 Å². The van der Waals surface area contributed by atoms with Gasteiger partial charge in [-0.1, -0.05) is 0 Å². The van der Waals surface area contributed by atoms with Gasteiger partial charge in [0.2, 0.25) is 0 Å². The van der Waals surface area contributed by atoms with Gasteiger partial charge in [-0.3, -0.25) is 14.9 Å². The molecule has 2 heterocycles. The summed E-state index contributed by atoms with van der Waals surface area (Å²) in [6.07, 6.45) is 0. The molecule has 1 N–H and O–H groups in total. The van der Waals surface area contributed by atoms with Crippen LogP contribution < -0.4 is 4.87 Å². The maximum absolute atomic E-state index is 10.7. The predicted octanol–water partition coefficient (Wildman–Crippen LogP) is 1.000. The highest BCUT2D eigenvalue weighted by Crippen LogP contribution is 2.25. The van der Waals surface area contributed by atoms with Gasteiger partial charge in [0.25, 0.3) is 0 Å². The molecule has 0 aliphatic rings. The zero-order chi connectivity index (χ0) is 10.1. The molecular formula is C6H3N3O4S.